The predicted octanol–water partition coefficient (Wildman–Crippen LogP) is 1.97. The summed E-state index contributed by atoms with van der Waals surface area (Å²) < 4.78 is 10.4. The van der Waals surface area contributed by atoms with E-state index < -0.39 is 17.8 Å². The summed E-state index contributed by atoms with van der Waals surface area (Å²) in [5.74, 6) is -0.797. The average Bonchev–Trinajstić information content (AvgIpc) is 2.70. The Bertz CT molecular complexity index is 847. The van der Waals surface area contributed by atoms with Crippen LogP contribution in [0.25, 0.3) is 6.08 Å². The van der Waals surface area contributed by atoms with E-state index in [9.17, 15) is 14.4 Å². The van der Waals surface area contributed by atoms with Crippen LogP contribution in [-0.4, -0.2) is 66.5 Å². The summed E-state index contributed by atoms with van der Waals surface area (Å²) in [5, 5.41) is 8.04. The number of benzene rings is 1. The zero-order valence-corrected chi connectivity index (χ0v) is 16.2. The third-order valence-electron chi connectivity index (χ3n) is 4.08. The maximum absolute atomic E-state index is 12.4. The normalized spacial score (nSPS) is 16.3. The number of imide groups is 1. The summed E-state index contributed by atoms with van der Waals surface area (Å²) in [4.78, 5) is 42.6. The molecule has 1 saturated heterocycles. The lowest BCUT2D eigenvalue weighted by atomic mass is 10.2. The van der Waals surface area contributed by atoms with Crippen molar-refractivity contribution in [3.8, 4) is 11.5 Å². The number of rotatable bonds is 6. The molecule has 2 rings (SSSR count). The number of urea groups is 1. The molecule has 0 atom stereocenters. The maximum Gasteiger partial charge on any atom is 0.332 e. The maximum atomic E-state index is 12.4. The molecule has 0 spiro atoms. The summed E-state index contributed by atoms with van der Waals surface area (Å²) in [6.07, 6.45) is 2.68. The van der Waals surface area contributed by atoms with Crippen molar-refractivity contribution in [1.29, 1.82) is 5.41 Å². The first-order valence-electron chi connectivity index (χ1n) is 8.62. The van der Waals surface area contributed by atoms with Crippen molar-refractivity contribution in [3.63, 3.8) is 0 Å². The Hall–Kier alpha value is -3.49. The molecule has 148 valence electrons. The number of aliphatic imine (C=N–C) groups is 1. The van der Waals surface area contributed by atoms with Crippen molar-refractivity contribution in [2.75, 3.05) is 27.3 Å². The highest BCUT2D eigenvalue weighted by Crippen LogP contribution is 2.27. The van der Waals surface area contributed by atoms with Crippen LogP contribution in [-0.2, 0) is 9.59 Å². The molecule has 1 N–H and O–H groups in total. The van der Waals surface area contributed by atoms with Crippen LogP contribution in [0.2, 0.25) is 0 Å². The Labute approximate surface area is 162 Å². The van der Waals surface area contributed by atoms with E-state index >= 15 is 0 Å². The smallest absolute Gasteiger partial charge is 0.332 e. The van der Waals surface area contributed by atoms with E-state index in [2.05, 4.69) is 4.99 Å². The summed E-state index contributed by atoms with van der Waals surface area (Å²) in [6.45, 7) is 3.62. The number of hydrogen-bond donors (Lipinski definition) is 1. The Kier molecular flexibility index (Phi) is 6.64. The van der Waals surface area contributed by atoms with E-state index in [1.54, 1.807) is 32.0 Å². The number of nitrogens with one attached hydrogen (secondary N) is 1. The quantitative estimate of drug-likeness (QED) is 0.751. The lowest BCUT2D eigenvalue weighted by Gasteiger charge is -2.33. The Morgan fingerprint density at radius 3 is 2.32 bits per heavy atom. The van der Waals surface area contributed by atoms with Crippen LogP contribution in [0, 0.1) is 5.41 Å². The highest BCUT2D eigenvalue weighted by molar-refractivity contribution is 6.70. The molecule has 0 aliphatic carbocycles. The number of carbonyl (C=O) groups is 3. The fourth-order valence-corrected chi connectivity index (χ4v) is 2.63. The minimum atomic E-state index is -0.755. The Morgan fingerprint density at radius 2 is 1.75 bits per heavy atom. The predicted molar refractivity (Wildman–Crippen MR) is 104 cm³/mol. The zero-order valence-electron chi connectivity index (χ0n) is 16.2. The number of nitrogens with zero attached hydrogens (tertiary/aromatic N) is 3. The monoisotopic (exact) mass is 386 g/mol. The lowest BCUT2D eigenvalue weighted by molar-refractivity contribution is -0.122. The number of amidine groups is 1. The molecule has 4 amide bonds. The third kappa shape index (κ3) is 4.08. The van der Waals surface area contributed by atoms with Gasteiger partial charge in [-0.3, -0.25) is 24.8 Å². The van der Waals surface area contributed by atoms with E-state index in [0.717, 1.165) is 9.80 Å². The van der Waals surface area contributed by atoms with Crippen LogP contribution in [0.15, 0.2) is 29.3 Å². The molecular formula is C19H22N4O5. The molecule has 1 aliphatic rings. The molecule has 0 radical (unpaired) electrons. The second kappa shape index (κ2) is 8.94. The molecule has 0 bridgehead atoms. The minimum Gasteiger partial charge on any atom is -0.493 e. The highest BCUT2D eigenvalue weighted by atomic mass is 16.5. The summed E-state index contributed by atoms with van der Waals surface area (Å²) in [5.41, 5.74) is 0.307. The van der Waals surface area contributed by atoms with E-state index in [1.165, 1.54) is 26.4 Å². The van der Waals surface area contributed by atoms with Gasteiger partial charge in [0.25, 0.3) is 11.8 Å². The number of hydrogen-bond acceptors (Lipinski definition) is 6. The highest BCUT2D eigenvalue weighted by Gasteiger charge is 2.39. The molecule has 0 unspecified atom stereocenters. The molecular weight excluding hydrogens is 364 g/mol. The van der Waals surface area contributed by atoms with Gasteiger partial charge in [-0.15, -0.1) is 0 Å². The van der Waals surface area contributed by atoms with Crippen molar-refractivity contribution in [3.05, 3.63) is 29.8 Å². The van der Waals surface area contributed by atoms with E-state index in [4.69, 9.17) is 14.9 Å². The number of ether oxygens (including phenoxy) is 2. The average molecular weight is 386 g/mol. The third-order valence-corrected chi connectivity index (χ3v) is 4.08. The van der Waals surface area contributed by atoms with Crippen LogP contribution in [0.1, 0.15) is 19.4 Å². The van der Waals surface area contributed by atoms with E-state index in [-0.39, 0.29) is 24.6 Å². The first-order chi connectivity index (χ1) is 13.4. The fourth-order valence-electron chi connectivity index (χ4n) is 2.63. The first kappa shape index (κ1) is 20.8. The Balaban J connectivity index is 2.27. The van der Waals surface area contributed by atoms with Gasteiger partial charge in [-0.05, 0) is 37.6 Å². The lowest BCUT2D eigenvalue weighted by Crippen LogP contribution is -2.60. The van der Waals surface area contributed by atoms with Crippen molar-refractivity contribution < 1.29 is 23.9 Å². The molecule has 1 fully saturated rings. The van der Waals surface area contributed by atoms with Crippen LogP contribution in [0.4, 0.5) is 4.79 Å². The standard InChI is InChI=1S/C19H22N4O5/c1-5-22-17(20)16(18(25)23(6-2)19(22)26)21-15(24)10-8-12-7-9-13(27-3)14(11-12)28-4/h7-11,20H,5-6H2,1-4H3/b10-8+,20-17?,21-16?. The van der Waals surface area contributed by atoms with Gasteiger partial charge in [0, 0.05) is 19.2 Å². The molecule has 1 heterocycles. The summed E-state index contributed by atoms with van der Waals surface area (Å²) >= 11 is 0. The second-order valence-electron chi connectivity index (χ2n) is 5.67. The Morgan fingerprint density at radius 1 is 1.11 bits per heavy atom. The van der Waals surface area contributed by atoms with Crippen molar-refractivity contribution >= 4 is 35.5 Å². The SMILES string of the molecule is CCN1C(=N)C(=NC(=O)/C=C/c2ccc(OC)c(OC)c2)C(=O)N(CC)C1=O. The van der Waals surface area contributed by atoms with Gasteiger partial charge in [-0.25, -0.2) is 9.79 Å². The van der Waals surface area contributed by atoms with Gasteiger partial charge in [0.15, 0.2) is 23.0 Å². The van der Waals surface area contributed by atoms with Gasteiger partial charge in [-0.2, -0.15) is 0 Å². The molecule has 28 heavy (non-hydrogen) atoms. The van der Waals surface area contributed by atoms with Crippen molar-refractivity contribution in [2.24, 2.45) is 4.99 Å². The largest absolute Gasteiger partial charge is 0.493 e. The van der Waals surface area contributed by atoms with Gasteiger partial charge < -0.3 is 9.47 Å². The van der Waals surface area contributed by atoms with Crippen LogP contribution < -0.4 is 9.47 Å². The molecule has 9 heteroatoms. The van der Waals surface area contributed by atoms with Gasteiger partial charge in [0.2, 0.25) is 0 Å². The van der Waals surface area contributed by atoms with Crippen LogP contribution >= 0.6 is 0 Å². The molecule has 0 saturated carbocycles. The topological polar surface area (TPSA) is 112 Å². The number of amides is 4. The summed E-state index contributed by atoms with van der Waals surface area (Å²) in [7, 11) is 3.02. The van der Waals surface area contributed by atoms with Gasteiger partial charge >= 0.3 is 6.03 Å². The van der Waals surface area contributed by atoms with E-state index in [0.29, 0.717) is 17.1 Å². The summed E-state index contributed by atoms with van der Waals surface area (Å²) in [6, 6.07) is 4.51. The molecule has 0 aromatic heterocycles. The first-order valence-corrected chi connectivity index (χ1v) is 8.62. The van der Waals surface area contributed by atoms with Crippen molar-refractivity contribution in [2.45, 2.75) is 13.8 Å². The molecule has 1 aromatic carbocycles. The molecule has 1 aromatic rings. The van der Waals surface area contributed by atoms with Gasteiger partial charge in [-0.1, -0.05) is 6.07 Å². The second-order valence-corrected chi connectivity index (χ2v) is 5.67. The zero-order chi connectivity index (χ0) is 20.8. The molecule has 1 aliphatic heterocycles. The van der Waals surface area contributed by atoms with Crippen molar-refractivity contribution in [1.82, 2.24) is 9.80 Å². The number of methoxy groups -OCH3 is 2. The van der Waals surface area contributed by atoms with Crippen LogP contribution in [0.3, 0.4) is 0 Å². The van der Waals surface area contributed by atoms with Gasteiger partial charge in [0.1, 0.15) is 0 Å². The minimum absolute atomic E-state index is 0.121. The molecule has 9 nitrogen and oxygen atoms in total. The van der Waals surface area contributed by atoms with E-state index in [1.807, 2.05) is 0 Å². The number of carbonyl (C=O) groups excluding carboxylic acids is 3. The fraction of sp³-hybridized carbons (Fsp3) is 0.316. The van der Waals surface area contributed by atoms with Crippen LogP contribution in [0.5, 0.6) is 11.5 Å². The van der Waals surface area contributed by atoms with Gasteiger partial charge in [0.05, 0.1) is 14.2 Å².